The number of benzene rings is 2. The molecule has 2 heteroatoms. The molecular weight excluding hydrogens is 248 g/mol. The molecule has 102 valence electrons. The van der Waals surface area contributed by atoms with Gasteiger partial charge in [0.05, 0.1) is 12.0 Å². The second-order valence-electron chi connectivity index (χ2n) is 5.28. The molecule has 0 spiro atoms. The fourth-order valence-electron chi connectivity index (χ4n) is 2.75. The van der Waals surface area contributed by atoms with E-state index in [1.54, 1.807) is 0 Å². The lowest BCUT2D eigenvalue weighted by molar-refractivity contribution is 0.0764. The summed E-state index contributed by atoms with van der Waals surface area (Å²) in [6, 6.07) is 18.1. The Balaban J connectivity index is 1.81. The van der Waals surface area contributed by atoms with Crippen molar-refractivity contribution in [3.8, 4) is 11.1 Å². The van der Waals surface area contributed by atoms with E-state index in [4.69, 9.17) is 4.74 Å². The fourth-order valence-corrected chi connectivity index (χ4v) is 2.75. The van der Waals surface area contributed by atoms with Crippen molar-refractivity contribution in [2.45, 2.75) is 19.4 Å². The van der Waals surface area contributed by atoms with Gasteiger partial charge in [-0.1, -0.05) is 54.6 Å². The summed E-state index contributed by atoms with van der Waals surface area (Å²) in [5, 5.41) is 0. The Bertz CT molecular complexity index is 587. The van der Waals surface area contributed by atoms with E-state index >= 15 is 0 Å². The first kappa shape index (κ1) is 13.1. The van der Waals surface area contributed by atoms with E-state index in [-0.39, 0.29) is 17.8 Å². The van der Waals surface area contributed by atoms with Crippen LogP contribution < -0.4 is 0 Å². The minimum absolute atomic E-state index is 0.0116. The summed E-state index contributed by atoms with van der Waals surface area (Å²) >= 11 is 0. The van der Waals surface area contributed by atoms with Gasteiger partial charge in [0.25, 0.3) is 0 Å². The van der Waals surface area contributed by atoms with E-state index in [2.05, 4.69) is 12.1 Å². The molecule has 1 heterocycles. The molecule has 0 bridgehead atoms. The first-order chi connectivity index (χ1) is 9.75. The Morgan fingerprint density at radius 2 is 1.65 bits per heavy atom. The third-order valence-corrected chi connectivity index (χ3v) is 3.99. The van der Waals surface area contributed by atoms with Crippen molar-refractivity contribution >= 4 is 5.78 Å². The molecule has 0 saturated carbocycles. The molecule has 2 aromatic rings. The second kappa shape index (κ2) is 5.59. The number of ether oxygens (including phenoxy) is 1. The average molecular weight is 266 g/mol. The fraction of sp³-hybridized carbons (Fsp3) is 0.278. The van der Waals surface area contributed by atoms with Gasteiger partial charge in [-0.05, 0) is 24.5 Å². The van der Waals surface area contributed by atoms with Gasteiger partial charge in [0.1, 0.15) is 0 Å². The van der Waals surface area contributed by atoms with Crippen molar-refractivity contribution in [3.05, 3.63) is 60.2 Å². The van der Waals surface area contributed by atoms with Crippen LogP contribution in [0.2, 0.25) is 0 Å². The molecule has 2 atom stereocenters. The van der Waals surface area contributed by atoms with E-state index in [1.807, 2.05) is 49.4 Å². The van der Waals surface area contributed by atoms with E-state index in [1.165, 1.54) is 5.56 Å². The van der Waals surface area contributed by atoms with Crippen molar-refractivity contribution in [3.63, 3.8) is 0 Å². The van der Waals surface area contributed by atoms with E-state index in [9.17, 15) is 4.79 Å². The first-order valence-corrected chi connectivity index (χ1v) is 7.07. The smallest absolute Gasteiger partial charge is 0.168 e. The van der Waals surface area contributed by atoms with Gasteiger partial charge < -0.3 is 4.74 Å². The van der Waals surface area contributed by atoms with Gasteiger partial charge in [0.15, 0.2) is 5.78 Å². The van der Waals surface area contributed by atoms with Crippen LogP contribution in [0.5, 0.6) is 0 Å². The van der Waals surface area contributed by atoms with E-state index in [0.29, 0.717) is 6.61 Å². The van der Waals surface area contributed by atoms with E-state index < -0.39 is 0 Å². The number of Topliss-reactive ketones (excluding diaryl/α,β-unsaturated/α-hetero) is 1. The summed E-state index contributed by atoms with van der Waals surface area (Å²) < 4.78 is 5.48. The van der Waals surface area contributed by atoms with Gasteiger partial charge >= 0.3 is 0 Å². The van der Waals surface area contributed by atoms with Gasteiger partial charge in [-0.3, -0.25) is 4.79 Å². The Morgan fingerprint density at radius 3 is 2.25 bits per heavy atom. The molecule has 1 fully saturated rings. The molecule has 1 aliphatic heterocycles. The second-order valence-corrected chi connectivity index (χ2v) is 5.28. The van der Waals surface area contributed by atoms with Crippen molar-refractivity contribution in [1.82, 2.24) is 0 Å². The minimum Gasteiger partial charge on any atom is -0.378 e. The third kappa shape index (κ3) is 2.52. The van der Waals surface area contributed by atoms with Crippen molar-refractivity contribution in [2.75, 3.05) is 6.61 Å². The lowest BCUT2D eigenvalue weighted by Gasteiger charge is -2.13. The van der Waals surface area contributed by atoms with Gasteiger partial charge in [-0.15, -0.1) is 0 Å². The summed E-state index contributed by atoms with van der Waals surface area (Å²) in [4.78, 5) is 12.4. The predicted octanol–water partition coefficient (Wildman–Crippen LogP) is 3.96. The van der Waals surface area contributed by atoms with Crippen LogP contribution >= 0.6 is 0 Å². The number of rotatable bonds is 3. The standard InChI is InChI=1S/C18H18O2/c1-13-17(11-12-20-13)18(19)16-9-7-15(8-10-16)14-5-3-2-4-6-14/h2-10,13,17H,11-12H2,1H3. The molecule has 1 saturated heterocycles. The average Bonchev–Trinajstić information content (AvgIpc) is 2.94. The largest absolute Gasteiger partial charge is 0.378 e. The van der Waals surface area contributed by atoms with E-state index in [0.717, 1.165) is 17.5 Å². The lowest BCUT2D eigenvalue weighted by atomic mass is 9.91. The number of carbonyl (C=O) groups is 1. The Hall–Kier alpha value is -1.93. The monoisotopic (exact) mass is 266 g/mol. The number of carbonyl (C=O) groups excluding carboxylic acids is 1. The SMILES string of the molecule is CC1OCCC1C(=O)c1ccc(-c2ccccc2)cc1. The number of hydrogen-bond donors (Lipinski definition) is 0. The van der Waals surface area contributed by atoms with Crippen LogP contribution in [0.25, 0.3) is 11.1 Å². The zero-order valence-electron chi connectivity index (χ0n) is 11.6. The lowest BCUT2D eigenvalue weighted by Crippen LogP contribution is -2.21. The Kier molecular flexibility index (Phi) is 3.66. The molecule has 0 amide bonds. The Labute approximate surface area is 119 Å². The highest BCUT2D eigenvalue weighted by molar-refractivity contribution is 5.98. The molecule has 2 nitrogen and oxygen atoms in total. The number of hydrogen-bond acceptors (Lipinski definition) is 2. The summed E-state index contributed by atoms with van der Waals surface area (Å²) in [7, 11) is 0. The minimum atomic E-state index is 0.0116. The summed E-state index contributed by atoms with van der Waals surface area (Å²) in [5.41, 5.74) is 3.09. The molecule has 2 aromatic carbocycles. The van der Waals surface area contributed by atoms with Crippen LogP contribution in [0.15, 0.2) is 54.6 Å². The van der Waals surface area contributed by atoms with Crippen LogP contribution in [0, 0.1) is 5.92 Å². The molecule has 0 radical (unpaired) electrons. The molecule has 3 rings (SSSR count). The van der Waals surface area contributed by atoms with Crippen LogP contribution in [-0.4, -0.2) is 18.5 Å². The zero-order chi connectivity index (χ0) is 13.9. The van der Waals surface area contributed by atoms with Crippen LogP contribution in [0.3, 0.4) is 0 Å². The summed E-state index contributed by atoms with van der Waals surface area (Å²) in [6.07, 6.45) is 0.872. The maximum absolute atomic E-state index is 12.4. The predicted molar refractivity (Wildman–Crippen MR) is 79.7 cm³/mol. The topological polar surface area (TPSA) is 26.3 Å². The summed E-state index contributed by atoms with van der Waals surface area (Å²) in [5.74, 6) is 0.215. The van der Waals surface area contributed by atoms with Crippen LogP contribution in [0.1, 0.15) is 23.7 Å². The Morgan fingerprint density at radius 1 is 1.00 bits per heavy atom. The highest BCUT2D eigenvalue weighted by Gasteiger charge is 2.31. The molecule has 0 aliphatic carbocycles. The normalized spacial score (nSPS) is 21.9. The van der Waals surface area contributed by atoms with Gasteiger partial charge in [0, 0.05) is 12.2 Å². The third-order valence-electron chi connectivity index (χ3n) is 3.99. The number of ketones is 1. The zero-order valence-corrected chi connectivity index (χ0v) is 11.6. The first-order valence-electron chi connectivity index (χ1n) is 7.07. The van der Waals surface area contributed by atoms with Crippen molar-refractivity contribution in [1.29, 1.82) is 0 Å². The van der Waals surface area contributed by atoms with Crippen molar-refractivity contribution in [2.24, 2.45) is 5.92 Å². The molecule has 1 aliphatic rings. The van der Waals surface area contributed by atoms with Crippen LogP contribution in [0.4, 0.5) is 0 Å². The summed E-state index contributed by atoms with van der Waals surface area (Å²) in [6.45, 7) is 2.67. The quantitative estimate of drug-likeness (QED) is 0.786. The molecule has 0 N–H and O–H groups in total. The maximum Gasteiger partial charge on any atom is 0.168 e. The van der Waals surface area contributed by atoms with Gasteiger partial charge in [-0.2, -0.15) is 0 Å². The van der Waals surface area contributed by atoms with Gasteiger partial charge in [0.2, 0.25) is 0 Å². The maximum atomic E-state index is 12.4. The molecule has 0 aromatic heterocycles. The van der Waals surface area contributed by atoms with Crippen LogP contribution in [-0.2, 0) is 4.74 Å². The molecule has 20 heavy (non-hydrogen) atoms. The van der Waals surface area contributed by atoms with Crippen molar-refractivity contribution < 1.29 is 9.53 Å². The molecular formula is C18H18O2. The molecule has 2 unspecified atom stereocenters. The van der Waals surface area contributed by atoms with Gasteiger partial charge in [-0.25, -0.2) is 0 Å². The highest BCUT2D eigenvalue weighted by atomic mass is 16.5. The highest BCUT2D eigenvalue weighted by Crippen LogP contribution is 2.26.